The van der Waals surface area contributed by atoms with E-state index < -0.39 is 11.4 Å². The first kappa shape index (κ1) is 12.4. The van der Waals surface area contributed by atoms with Crippen LogP contribution in [0.3, 0.4) is 0 Å². The predicted octanol–water partition coefficient (Wildman–Crippen LogP) is 0.148. The number of aromatic nitrogens is 2. The maximum Gasteiger partial charge on any atom is 0.269 e. The van der Waals surface area contributed by atoms with Crippen LogP contribution in [0.5, 0.6) is 0 Å². The van der Waals surface area contributed by atoms with Crippen LogP contribution in [0.2, 0.25) is 0 Å². The predicted molar refractivity (Wildman–Crippen MR) is 60.0 cm³/mol. The number of carbonyl (C=O) groups is 1. The van der Waals surface area contributed by atoms with Gasteiger partial charge in [0.15, 0.2) is 5.69 Å². The van der Waals surface area contributed by atoms with Crippen molar-refractivity contribution < 1.29 is 9.90 Å². The molecule has 6 nitrogen and oxygen atoms in total. The fraction of sp³-hybridized carbons (Fsp3) is 0.500. The van der Waals surface area contributed by atoms with Gasteiger partial charge in [-0.3, -0.25) is 4.79 Å². The smallest absolute Gasteiger partial charge is 0.269 e. The number of carbonyl (C=O) groups excluding carboxylic acids is 1. The van der Waals surface area contributed by atoms with E-state index in [-0.39, 0.29) is 12.3 Å². The number of amides is 1. The number of rotatable bonds is 5. The molecule has 1 aromatic rings. The Kier molecular flexibility index (Phi) is 3.78. The van der Waals surface area contributed by atoms with Gasteiger partial charge in [0, 0.05) is 0 Å². The largest absolute Gasteiger partial charge is 0.394 e. The first-order valence-electron chi connectivity index (χ1n) is 5.03. The summed E-state index contributed by atoms with van der Waals surface area (Å²) in [6.07, 6.45) is 0.739. The molecule has 4 N–H and O–H groups in total. The zero-order chi connectivity index (χ0) is 12.2. The van der Waals surface area contributed by atoms with Gasteiger partial charge in [-0.2, -0.15) is 0 Å². The third-order valence-electron chi connectivity index (χ3n) is 2.48. The molecule has 1 unspecified atom stereocenters. The van der Waals surface area contributed by atoms with Crippen LogP contribution >= 0.6 is 0 Å². The lowest BCUT2D eigenvalue weighted by atomic mass is 10.0. The van der Waals surface area contributed by atoms with E-state index in [1.54, 1.807) is 6.07 Å². The van der Waals surface area contributed by atoms with E-state index >= 15 is 0 Å². The summed E-state index contributed by atoms with van der Waals surface area (Å²) in [5.74, 6) is -0.108. The van der Waals surface area contributed by atoms with Crippen molar-refractivity contribution in [3.05, 3.63) is 17.8 Å². The van der Waals surface area contributed by atoms with Gasteiger partial charge < -0.3 is 16.2 Å². The van der Waals surface area contributed by atoms with Gasteiger partial charge in [-0.25, -0.2) is 0 Å². The van der Waals surface area contributed by atoms with Crippen molar-refractivity contribution >= 4 is 11.7 Å². The molecule has 0 radical (unpaired) electrons. The van der Waals surface area contributed by atoms with Gasteiger partial charge in [-0.05, 0) is 25.5 Å². The van der Waals surface area contributed by atoms with Gasteiger partial charge in [-0.15, -0.1) is 10.2 Å². The van der Waals surface area contributed by atoms with Gasteiger partial charge in [-0.1, -0.05) is 6.92 Å². The number of aliphatic hydroxyl groups excluding tert-OH is 1. The van der Waals surface area contributed by atoms with E-state index in [0.29, 0.717) is 5.82 Å². The topological polar surface area (TPSA) is 101 Å². The summed E-state index contributed by atoms with van der Waals surface area (Å²) in [6.45, 7) is 3.81. The van der Waals surface area contributed by atoms with Gasteiger partial charge in [0.05, 0.1) is 12.1 Å². The molecule has 6 heteroatoms. The second kappa shape index (κ2) is 4.89. The second-order valence-electron chi connectivity index (χ2n) is 3.87. The lowest BCUT2D eigenvalue weighted by Gasteiger charge is -2.27. The summed E-state index contributed by atoms with van der Waals surface area (Å²) in [6, 6.07) is 3.10. The van der Waals surface area contributed by atoms with Crippen molar-refractivity contribution in [1.29, 1.82) is 0 Å². The Balaban J connectivity index is 2.79. The van der Waals surface area contributed by atoms with Crippen molar-refractivity contribution in [1.82, 2.24) is 10.2 Å². The molecule has 0 aliphatic rings. The second-order valence-corrected chi connectivity index (χ2v) is 3.87. The third-order valence-corrected chi connectivity index (χ3v) is 2.48. The summed E-state index contributed by atoms with van der Waals surface area (Å²) in [4.78, 5) is 10.8. The standard InChI is InChI=1S/C10H16N4O2/c1-3-10(2,6-15)12-8-5-4-7(9(11)16)13-14-8/h4-5,15H,3,6H2,1-2H3,(H2,11,16)(H,12,14). The summed E-state index contributed by atoms with van der Waals surface area (Å²) >= 11 is 0. The molecule has 1 rings (SSSR count). The lowest BCUT2D eigenvalue weighted by molar-refractivity contribution is 0.0994. The third kappa shape index (κ3) is 2.90. The van der Waals surface area contributed by atoms with E-state index in [1.165, 1.54) is 6.07 Å². The molecule has 1 amide bonds. The van der Waals surface area contributed by atoms with Gasteiger partial charge >= 0.3 is 0 Å². The van der Waals surface area contributed by atoms with E-state index in [9.17, 15) is 9.90 Å². The fourth-order valence-electron chi connectivity index (χ4n) is 1.08. The fourth-order valence-corrected chi connectivity index (χ4v) is 1.08. The molecule has 1 heterocycles. The van der Waals surface area contributed by atoms with Crippen LogP contribution in [0.4, 0.5) is 5.82 Å². The number of nitrogens with zero attached hydrogens (tertiary/aromatic N) is 2. The Morgan fingerprint density at radius 2 is 2.25 bits per heavy atom. The van der Waals surface area contributed by atoms with Gasteiger partial charge in [0.1, 0.15) is 5.82 Å². The minimum atomic E-state index is -0.612. The number of hydrogen-bond acceptors (Lipinski definition) is 5. The highest BCUT2D eigenvalue weighted by molar-refractivity contribution is 5.90. The van der Waals surface area contributed by atoms with Crippen LogP contribution in [0.1, 0.15) is 30.8 Å². The molecule has 0 bridgehead atoms. The molecule has 0 aliphatic carbocycles. The molecular weight excluding hydrogens is 208 g/mol. The first-order valence-corrected chi connectivity index (χ1v) is 5.03. The average Bonchev–Trinajstić information content (AvgIpc) is 2.29. The average molecular weight is 224 g/mol. The normalized spacial score (nSPS) is 14.2. The van der Waals surface area contributed by atoms with E-state index in [2.05, 4.69) is 15.5 Å². The quantitative estimate of drug-likeness (QED) is 0.660. The van der Waals surface area contributed by atoms with Gasteiger partial charge in [0.25, 0.3) is 5.91 Å². The Bertz CT molecular complexity index is 360. The van der Waals surface area contributed by atoms with E-state index in [0.717, 1.165) is 6.42 Å². The van der Waals surface area contributed by atoms with Crippen molar-refractivity contribution in [2.24, 2.45) is 5.73 Å². The molecule has 0 saturated heterocycles. The summed E-state index contributed by atoms with van der Waals surface area (Å²) in [7, 11) is 0. The summed E-state index contributed by atoms with van der Waals surface area (Å²) in [5.41, 5.74) is 4.72. The Morgan fingerprint density at radius 1 is 1.56 bits per heavy atom. The highest BCUT2D eigenvalue weighted by Gasteiger charge is 2.21. The Hall–Kier alpha value is -1.69. The van der Waals surface area contributed by atoms with Crippen LogP contribution < -0.4 is 11.1 Å². The van der Waals surface area contributed by atoms with Crippen molar-refractivity contribution in [2.45, 2.75) is 25.8 Å². The number of aliphatic hydroxyl groups is 1. The number of primary amides is 1. The number of nitrogens with one attached hydrogen (secondary N) is 1. The minimum absolute atomic E-state index is 0.0112. The molecular formula is C10H16N4O2. The SMILES string of the molecule is CCC(C)(CO)Nc1ccc(C(N)=O)nn1. The Labute approximate surface area is 93.9 Å². The number of nitrogens with two attached hydrogens (primary N) is 1. The molecule has 0 fully saturated rings. The monoisotopic (exact) mass is 224 g/mol. The molecule has 1 aromatic heterocycles. The zero-order valence-electron chi connectivity index (χ0n) is 9.40. The van der Waals surface area contributed by atoms with E-state index in [4.69, 9.17) is 5.73 Å². The highest BCUT2D eigenvalue weighted by Crippen LogP contribution is 2.15. The van der Waals surface area contributed by atoms with Gasteiger partial charge in [0.2, 0.25) is 0 Å². The molecule has 0 saturated carbocycles. The van der Waals surface area contributed by atoms with Crippen molar-refractivity contribution in [2.75, 3.05) is 11.9 Å². The van der Waals surface area contributed by atoms with Crippen LogP contribution in [0, 0.1) is 0 Å². The van der Waals surface area contributed by atoms with Crippen LogP contribution in [-0.2, 0) is 0 Å². The van der Waals surface area contributed by atoms with Crippen LogP contribution in [0.15, 0.2) is 12.1 Å². The van der Waals surface area contributed by atoms with E-state index in [1.807, 2.05) is 13.8 Å². The molecule has 0 aliphatic heterocycles. The van der Waals surface area contributed by atoms with Crippen molar-refractivity contribution in [3.63, 3.8) is 0 Å². The summed E-state index contributed by atoms with van der Waals surface area (Å²) in [5, 5.41) is 19.7. The lowest BCUT2D eigenvalue weighted by Crippen LogP contribution is -2.38. The van der Waals surface area contributed by atoms with Crippen molar-refractivity contribution in [3.8, 4) is 0 Å². The highest BCUT2D eigenvalue weighted by atomic mass is 16.3. The number of hydrogen-bond donors (Lipinski definition) is 3. The maximum absolute atomic E-state index is 10.8. The van der Waals surface area contributed by atoms with Crippen LogP contribution in [0.25, 0.3) is 0 Å². The maximum atomic E-state index is 10.8. The van der Waals surface area contributed by atoms with Crippen LogP contribution in [-0.4, -0.2) is 33.4 Å². The number of anilines is 1. The first-order chi connectivity index (χ1) is 7.50. The Morgan fingerprint density at radius 3 is 2.62 bits per heavy atom. The molecule has 16 heavy (non-hydrogen) atoms. The zero-order valence-corrected chi connectivity index (χ0v) is 9.40. The summed E-state index contributed by atoms with van der Waals surface area (Å²) < 4.78 is 0. The molecule has 0 aromatic carbocycles. The molecule has 88 valence electrons. The minimum Gasteiger partial charge on any atom is -0.394 e. The molecule has 1 atom stereocenters. The molecule has 0 spiro atoms.